The Morgan fingerprint density at radius 1 is 1.44 bits per heavy atom. The lowest BCUT2D eigenvalue weighted by molar-refractivity contribution is -0.121. The van der Waals surface area contributed by atoms with Gasteiger partial charge in [0.15, 0.2) is 0 Å². The number of hydrogen-bond donors (Lipinski definition) is 1. The largest absolute Gasteiger partial charge is 0.330 e. The van der Waals surface area contributed by atoms with Crippen molar-refractivity contribution in [1.82, 2.24) is 0 Å². The number of benzene rings is 1. The molecule has 0 aliphatic carbocycles. The number of rotatable bonds is 5. The van der Waals surface area contributed by atoms with Crippen LogP contribution < -0.4 is 10.6 Å². The SMILES string of the molecule is CC(CCCN)C(=O)N(C)c1ccc(C#N)cc1. The summed E-state index contributed by atoms with van der Waals surface area (Å²) in [4.78, 5) is 13.8. The monoisotopic (exact) mass is 245 g/mol. The van der Waals surface area contributed by atoms with Crippen molar-refractivity contribution in [3.8, 4) is 6.07 Å². The van der Waals surface area contributed by atoms with Gasteiger partial charge in [0.1, 0.15) is 0 Å². The maximum absolute atomic E-state index is 12.1. The van der Waals surface area contributed by atoms with Gasteiger partial charge in [-0.3, -0.25) is 4.79 Å². The first kappa shape index (κ1) is 14.2. The van der Waals surface area contributed by atoms with Gasteiger partial charge in [0, 0.05) is 18.7 Å². The molecule has 0 aliphatic rings. The fraction of sp³-hybridized carbons (Fsp3) is 0.429. The number of anilines is 1. The molecule has 1 rings (SSSR count). The molecule has 4 nitrogen and oxygen atoms in total. The van der Waals surface area contributed by atoms with E-state index in [4.69, 9.17) is 11.0 Å². The van der Waals surface area contributed by atoms with Crippen LogP contribution >= 0.6 is 0 Å². The second-order valence-corrected chi connectivity index (χ2v) is 4.39. The third-order valence-corrected chi connectivity index (χ3v) is 2.98. The summed E-state index contributed by atoms with van der Waals surface area (Å²) >= 11 is 0. The van der Waals surface area contributed by atoms with E-state index in [1.807, 2.05) is 6.92 Å². The van der Waals surface area contributed by atoms with Gasteiger partial charge in [0.05, 0.1) is 11.6 Å². The predicted molar refractivity (Wildman–Crippen MR) is 72.0 cm³/mol. The maximum atomic E-state index is 12.1. The van der Waals surface area contributed by atoms with Gasteiger partial charge in [-0.05, 0) is 43.7 Å². The molecule has 0 fully saturated rings. The van der Waals surface area contributed by atoms with Crippen LogP contribution in [0.2, 0.25) is 0 Å². The van der Waals surface area contributed by atoms with Crippen LogP contribution in [0, 0.1) is 17.2 Å². The Bertz CT molecular complexity index is 433. The summed E-state index contributed by atoms with van der Waals surface area (Å²) < 4.78 is 0. The fourth-order valence-corrected chi connectivity index (χ4v) is 1.76. The van der Waals surface area contributed by atoms with E-state index in [9.17, 15) is 4.79 Å². The second kappa shape index (κ2) is 6.77. The molecule has 1 aromatic carbocycles. The normalized spacial score (nSPS) is 11.7. The van der Waals surface area contributed by atoms with Crippen molar-refractivity contribution in [3.05, 3.63) is 29.8 Å². The Labute approximate surface area is 108 Å². The van der Waals surface area contributed by atoms with Crippen molar-refractivity contribution in [3.63, 3.8) is 0 Å². The summed E-state index contributed by atoms with van der Waals surface area (Å²) in [6, 6.07) is 9.05. The zero-order valence-electron chi connectivity index (χ0n) is 10.9. The molecule has 96 valence electrons. The van der Waals surface area contributed by atoms with Gasteiger partial charge < -0.3 is 10.6 Å². The van der Waals surface area contributed by atoms with E-state index in [2.05, 4.69) is 6.07 Å². The molecule has 0 radical (unpaired) electrons. The number of hydrogen-bond acceptors (Lipinski definition) is 3. The minimum absolute atomic E-state index is 0.0332. The fourth-order valence-electron chi connectivity index (χ4n) is 1.76. The van der Waals surface area contributed by atoms with Gasteiger partial charge in [-0.1, -0.05) is 6.92 Å². The van der Waals surface area contributed by atoms with Crippen molar-refractivity contribution < 1.29 is 4.79 Å². The molecule has 0 saturated heterocycles. The molecule has 1 amide bonds. The zero-order valence-corrected chi connectivity index (χ0v) is 10.9. The predicted octanol–water partition coefficient (Wildman–Crippen LogP) is 1.90. The van der Waals surface area contributed by atoms with Gasteiger partial charge in [-0.15, -0.1) is 0 Å². The van der Waals surface area contributed by atoms with Gasteiger partial charge in [0.2, 0.25) is 5.91 Å². The molecule has 2 N–H and O–H groups in total. The molecule has 0 saturated carbocycles. The lowest BCUT2D eigenvalue weighted by atomic mass is 10.0. The summed E-state index contributed by atoms with van der Waals surface area (Å²) in [5.74, 6) is 0.0438. The molecule has 1 aromatic rings. The summed E-state index contributed by atoms with van der Waals surface area (Å²) in [5, 5.41) is 8.72. The van der Waals surface area contributed by atoms with Gasteiger partial charge in [-0.25, -0.2) is 0 Å². The highest BCUT2D eigenvalue weighted by atomic mass is 16.2. The Kier molecular flexibility index (Phi) is 5.34. The third-order valence-electron chi connectivity index (χ3n) is 2.98. The molecule has 1 unspecified atom stereocenters. The quantitative estimate of drug-likeness (QED) is 0.861. The van der Waals surface area contributed by atoms with Crippen LogP contribution in [0.1, 0.15) is 25.3 Å². The van der Waals surface area contributed by atoms with Gasteiger partial charge in [0.25, 0.3) is 0 Å². The van der Waals surface area contributed by atoms with E-state index in [1.54, 1.807) is 36.2 Å². The highest BCUT2D eigenvalue weighted by Gasteiger charge is 2.17. The molecule has 1 atom stereocenters. The number of amides is 1. The zero-order chi connectivity index (χ0) is 13.5. The van der Waals surface area contributed by atoms with E-state index in [0.717, 1.165) is 18.5 Å². The first-order valence-electron chi connectivity index (χ1n) is 6.08. The molecular weight excluding hydrogens is 226 g/mol. The van der Waals surface area contributed by atoms with Crippen LogP contribution in [0.3, 0.4) is 0 Å². The number of nitrogens with zero attached hydrogens (tertiary/aromatic N) is 2. The number of nitrogens with two attached hydrogens (primary N) is 1. The Morgan fingerprint density at radius 2 is 2.06 bits per heavy atom. The number of nitriles is 1. The molecule has 0 aliphatic heterocycles. The summed E-state index contributed by atoms with van der Waals surface area (Å²) in [5.41, 5.74) is 6.84. The lowest BCUT2D eigenvalue weighted by Crippen LogP contribution is -2.31. The van der Waals surface area contributed by atoms with Crippen LogP contribution in [-0.4, -0.2) is 19.5 Å². The van der Waals surface area contributed by atoms with Crippen LogP contribution in [-0.2, 0) is 4.79 Å². The molecule has 0 spiro atoms. The van der Waals surface area contributed by atoms with Crippen molar-refractivity contribution in [2.75, 3.05) is 18.5 Å². The second-order valence-electron chi connectivity index (χ2n) is 4.39. The highest BCUT2D eigenvalue weighted by molar-refractivity contribution is 5.94. The van der Waals surface area contributed by atoms with Crippen LogP contribution in [0.5, 0.6) is 0 Å². The van der Waals surface area contributed by atoms with Crippen LogP contribution in [0.15, 0.2) is 24.3 Å². The lowest BCUT2D eigenvalue weighted by Gasteiger charge is -2.21. The Morgan fingerprint density at radius 3 is 2.56 bits per heavy atom. The summed E-state index contributed by atoms with van der Waals surface area (Å²) in [7, 11) is 1.75. The van der Waals surface area contributed by atoms with Crippen molar-refractivity contribution in [1.29, 1.82) is 5.26 Å². The van der Waals surface area contributed by atoms with E-state index in [-0.39, 0.29) is 11.8 Å². The summed E-state index contributed by atoms with van der Waals surface area (Å²) in [6.45, 7) is 2.52. The smallest absolute Gasteiger partial charge is 0.229 e. The van der Waals surface area contributed by atoms with Crippen molar-refractivity contribution >= 4 is 11.6 Å². The van der Waals surface area contributed by atoms with Gasteiger partial charge >= 0.3 is 0 Å². The van der Waals surface area contributed by atoms with Crippen LogP contribution in [0.25, 0.3) is 0 Å². The van der Waals surface area contributed by atoms with E-state index < -0.39 is 0 Å². The summed E-state index contributed by atoms with van der Waals surface area (Å²) in [6.07, 6.45) is 1.66. The topological polar surface area (TPSA) is 70.1 Å². The number of carbonyl (C=O) groups excluding carboxylic acids is 1. The third kappa shape index (κ3) is 3.57. The standard InChI is InChI=1S/C14H19N3O/c1-11(4-3-9-15)14(18)17(2)13-7-5-12(10-16)6-8-13/h5-8,11H,3-4,9,15H2,1-2H3. The molecule has 0 aromatic heterocycles. The average molecular weight is 245 g/mol. The van der Waals surface area contributed by atoms with E-state index >= 15 is 0 Å². The average Bonchev–Trinajstić information content (AvgIpc) is 2.43. The maximum Gasteiger partial charge on any atom is 0.229 e. The van der Waals surface area contributed by atoms with Gasteiger partial charge in [-0.2, -0.15) is 5.26 Å². The molecule has 4 heteroatoms. The van der Waals surface area contributed by atoms with Crippen LogP contribution in [0.4, 0.5) is 5.69 Å². The van der Waals surface area contributed by atoms with Crippen molar-refractivity contribution in [2.45, 2.75) is 19.8 Å². The van der Waals surface area contributed by atoms with E-state index in [1.165, 1.54) is 0 Å². The number of carbonyl (C=O) groups is 1. The first-order valence-corrected chi connectivity index (χ1v) is 6.08. The molecular formula is C14H19N3O. The minimum atomic E-state index is -0.0332. The molecule has 0 heterocycles. The first-order chi connectivity index (χ1) is 8.60. The Balaban J connectivity index is 2.70. The minimum Gasteiger partial charge on any atom is -0.330 e. The highest BCUT2D eigenvalue weighted by Crippen LogP contribution is 2.17. The van der Waals surface area contributed by atoms with Crippen molar-refractivity contribution in [2.24, 2.45) is 11.7 Å². The van der Waals surface area contributed by atoms with E-state index in [0.29, 0.717) is 12.1 Å². The molecule has 0 bridgehead atoms. The molecule has 18 heavy (non-hydrogen) atoms. The Hall–Kier alpha value is -1.86.